The fraction of sp³-hybridized carbons (Fsp3) is 0.600. The number of nitrogens with zero attached hydrogens (tertiary/aromatic N) is 1. The van der Waals surface area contributed by atoms with Crippen molar-refractivity contribution in [3.63, 3.8) is 0 Å². The fourth-order valence-electron chi connectivity index (χ4n) is 7.54. The van der Waals surface area contributed by atoms with E-state index in [1.54, 1.807) is 6.07 Å². The number of piperidine rings is 1. The van der Waals surface area contributed by atoms with Crippen molar-refractivity contribution in [1.82, 2.24) is 15.5 Å². The number of fused-ring (bicyclic) bond motifs is 2. The van der Waals surface area contributed by atoms with Crippen LogP contribution in [0, 0.1) is 17.8 Å². The number of β-amino-alcohol motifs (C(OH)–C–C–N with tert-alkyl or cyclic N) is 1. The summed E-state index contributed by atoms with van der Waals surface area (Å²) in [6.07, 6.45) is 5.31. The van der Waals surface area contributed by atoms with Gasteiger partial charge in [0.1, 0.15) is 0 Å². The van der Waals surface area contributed by atoms with Crippen molar-refractivity contribution in [2.75, 3.05) is 18.8 Å². The molecule has 0 aromatic heterocycles. The zero-order valence-corrected chi connectivity index (χ0v) is 27.2. The molecule has 1 aliphatic carbocycles. The number of nitrogens with one attached hydrogen (secondary N) is 2. The minimum absolute atomic E-state index is 0.00414. The van der Waals surface area contributed by atoms with Crippen LogP contribution < -0.4 is 10.6 Å². The minimum Gasteiger partial charge on any atom is -0.392 e. The quantitative estimate of drug-likeness (QED) is 0.386. The molecule has 6 atom stereocenters. The van der Waals surface area contributed by atoms with Crippen molar-refractivity contribution in [2.45, 2.75) is 95.2 Å². The lowest BCUT2D eigenvalue weighted by molar-refractivity contribution is -0.133. The Hall–Kier alpha value is -2.75. The number of rotatable bonds is 9. The topological polar surface area (TPSA) is 116 Å². The highest BCUT2D eigenvalue weighted by Gasteiger charge is 2.41. The van der Waals surface area contributed by atoms with Gasteiger partial charge in [0.25, 0.3) is 0 Å². The molecule has 2 aliphatic heterocycles. The monoisotopic (exact) mass is 623 g/mol. The van der Waals surface area contributed by atoms with Gasteiger partial charge >= 0.3 is 0 Å². The molecule has 8 nitrogen and oxygen atoms in total. The van der Waals surface area contributed by atoms with Gasteiger partial charge in [-0.3, -0.25) is 14.5 Å². The Morgan fingerprint density at radius 2 is 1.68 bits per heavy atom. The molecule has 9 heteroatoms. The average molecular weight is 624 g/mol. The molecule has 2 fully saturated rings. The predicted octanol–water partition coefficient (Wildman–Crippen LogP) is 4.18. The van der Waals surface area contributed by atoms with Crippen LogP contribution in [0.3, 0.4) is 0 Å². The normalized spacial score (nSPS) is 26.5. The highest BCUT2D eigenvalue weighted by atomic mass is 32.2. The molecule has 240 valence electrons. The maximum absolute atomic E-state index is 13.9. The van der Waals surface area contributed by atoms with Crippen molar-refractivity contribution in [3.05, 3.63) is 71.3 Å². The smallest absolute Gasteiger partial charge is 0.237 e. The second-order valence-corrected chi connectivity index (χ2v) is 16.4. The number of amides is 2. The molecule has 1 saturated carbocycles. The van der Waals surface area contributed by atoms with E-state index in [0.717, 1.165) is 42.5 Å². The summed E-state index contributed by atoms with van der Waals surface area (Å²) in [4.78, 5) is 29.5. The van der Waals surface area contributed by atoms with Crippen molar-refractivity contribution in [1.29, 1.82) is 0 Å². The molecular formula is C35H49N3O5S. The highest BCUT2D eigenvalue weighted by molar-refractivity contribution is 7.90. The number of benzene rings is 2. The van der Waals surface area contributed by atoms with Crippen LogP contribution in [0.4, 0.5) is 0 Å². The molecule has 3 aliphatic rings. The summed E-state index contributed by atoms with van der Waals surface area (Å²) in [6, 6.07) is 16.1. The molecule has 0 unspecified atom stereocenters. The van der Waals surface area contributed by atoms with Crippen LogP contribution in [0.15, 0.2) is 54.6 Å². The molecule has 5 rings (SSSR count). The van der Waals surface area contributed by atoms with Crippen molar-refractivity contribution >= 4 is 21.7 Å². The van der Waals surface area contributed by atoms with E-state index in [0.29, 0.717) is 24.8 Å². The molecule has 1 saturated heterocycles. The maximum atomic E-state index is 13.9. The van der Waals surface area contributed by atoms with Crippen LogP contribution in [-0.2, 0) is 31.6 Å². The lowest BCUT2D eigenvalue weighted by atomic mass is 9.72. The minimum atomic E-state index is -3.36. The second kappa shape index (κ2) is 13.7. The Morgan fingerprint density at radius 3 is 2.41 bits per heavy atom. The Balaban J connectivity index is 1.33. The molecule has 44 heavy (non-hydrogen) atoms. The van der Waals surface area contributed by atoms with Gasteiger partial charge in [-0.1, -0.05) is 73.9 Å². The second-order valence-electron chi connectivity index (χ2n) is 14.3. The highest BCUT2D eigenvalue weighted by Crippen LogP contribution is 2.39. The van der Waals surface area contributed by atoms with E-state index in [4.69, 9.17) is 0 Å². The lowest BCUT2D eigenvalue weighted by Crippen LogP contribution is -2.58. The largest absolute Gasteiger partial charge is 0.392 e. The van der Waals surface area contributed by atoms with Gasteiger partial charge in [0.05, 0.1) is 29.7 Å². The number of carbonyl (C=O) groups is 2. The molecule has 0 radical (unpaired) electrons. The molecule has 2 aromatic rings. The van der Waals surface area contributed by atoms with E-state index < -0.39 is 27.9 Å². The van der Waals surface area contributed by atoms with E-state index >= 15 is 0 Å². The summed E-state index contributed by atoms with van der Waals surface area (Å²) in [5.41, 5.74) is 2.17. The number of carbonyl (C=O) groups excluding carboxylic acids is 2. The Kier molecular flexibility index (Phi) is 10.2. The molecular weight excluding hydrogens is 574 g/mol. The number of likely N-dealkylation sites (tertiary alicyclic amines) is 1. The van der Waals surface area contributed by atoms with Gasteiger partial charge < -0.3 is 15.7 Å². The van der Waals surface area contributed by atoms with Crippen LogP contribution in [0.5, 0.6) is 0 Å². The van der Waals surface area contributed by atoms with Gasteiger partial charge in [0, 0.05) is 24.5 Å². The standard InChI is InChI=1S/C35H49N3O5S/c1-35(2,3)37-34(41)32-19-25-13-7-8-14-26(25)20-38(32)21-29(39)18-28(17-24-11-5-4-6-12-24)33(40)36-31-23-44(42,43)22-27-15-9-10-16-30(27)31/h4-6,9-12,15-16,25-26,28-29,31-32,39H,7-8,13-14,17-23H2,1-3H3,(H,36,40)(H,37,41)/t25-,26+,28-,29-,31+,32-/m0/s1. The zero-order valence-electron chi connectivity index (χ0n) is 26.4. The predicted molar refractivity (Wildman–Crippen MR) is 172 cm³/mol. The molecule has 3 N–H and O–H groups in total. The first-order valence-corrected chi connectivity index (χ1v) is 18.1. The first-order valence-electron chi connectivity index (χ1n) is 16.2. The summed E-state index contributed by atoms with van der Waals surface area (Å²) >= 11 is 0. The van der Waals surface area contributed by atoms with Gasteiger partial charge in [-0.15, -0.1) is 0 Å². The van der Waals surface area contributed by atoms with Crippen LogP contribution in [-0.4, -0.2) is 66.8 Å². The third kappa shape index (κ3) is 8.49. The Morgan fingerprint density at radius 1 is 1.00 bits per heavy atom. The Labute approximate surface area is 262 Å². The van der Waals surface area contributed by atoms with Crippen LogP contribution in [0.25, 0.3) is 0 Å². The third-order valence-corrected chi connectivity index (χ3v) is 11.1. The number of hydrogen-bond donors (Lipinski definition) is 3. The fourth-order valence-corrected chi connectivity index (χ4v) is 9.16. The van der Waals surface area contributed by atoms with Gasteiger partial charge in [-0.2, -0.15) is 0 Å². The van der Waals surface area contributed by atoms with Gasteiger partial charge in [-0.25, -0.2) is 8.42 Å². The van der Waals surface area contributed by atoms with Crippen molar-refractivity contribution in [2.24, 2.45) is 17.8 Å². The van der Waals surface area contributed by atoms with Gasteiger partial charge in [-0.05, 0) is 75.0 Å². The number of sulfone groups is 1. The Bertz CT molecular complexity index is 1410. The van der Waals surface area contributed by atoms with E-state index in [9.17, 15) is 23.1 Å². The summed E-state index contributed by atoms with van der Waals surface area (Å²) < 4.78 is 25.4. The van der Waals surface area contributed by atoms with E-state index in [2.05, 4.69) is 15.5 Å². The van der Waals surface area contributed by atoms with Crippen LogP contribution >= 0.6 is 0 Å². The van der Waals surface area contributed by atoms with Gasteiger partial charge in [0.15, 0.2) is 9.84 Å². The maximum Gasteiger partial charge on any atom is 0.237 e. The summed E-state index contributed by atoms with van der Waals surface area (Å²) in [6.45, 7) is 7.04. The SMILES string of the molecule is CC(C)(C)NC(=O)[C@@H]1C[C@@H]2CCCC[C@@H]2CN1C[C@@H](O)C[C@H](Cc1ccccc1)C(=O)N[C@@H]1CS(=O)(=O)Cc2ccccc21. The van der Waals surface area contributed by atoms with Crippen LogP contribution in [0.2, 0.25) is 0 Å². The van der Waals surface area contributed by atoms with Gasteiger partial charge in [0.2, 0.25) is 11.8 Å². The van der Waals surface area contributed by atoms with Crippen LogP contribution in [0.1, 0.15) is 82.0 Å². The number of hydrogen-bond acceptors (Lipinski definition) is 6. The number of aliphatic hydroxyl groups is 1. The third-order valence-electron chi connectivity index (χ3n) is 9.54. The summed E-state index contributed by atoms with van der Waals surface area (Å²) in [5.74, 6) is 0.0479. The van der Waals surface area contributed by atoms with Crippen molar-refractivity contribution in [3.8, 4) is 0 Å². The molecule has 2 amide bonds. The van der Waals surface area contributed by atoms with Crippen molar-refractivity contribution < 1.29 is 23.1 Å². The number of aliphatic hydroxyl groups excluding tert-OH is 1. The average Bonchev–Trinajstić information content (AvgIpc) is 2.95. The molecule has 2 heterocycles. The van der Waals surface area contributed by atoms with E-state index in [-0.39, 0.29) is 41.3 Å². The summed E-state index contributed by atoms with van der Waals surface area (Å²) in [5, 5.41) is 17.7. The first kappa shape index (κ1) is 32.6. The molecule has 0 spiro atoms. The molecule has 2 aromatic carbocycles. The van der Waals surface area contributed by atoms with E-state index in [1.807, 2.05) is 69.3 Å². The summed E-state index contributed by atoms with van der Waals surface area (Å²) in [7, 11) is -3.36. The lowest BCUT2D eigenvalue weighted by Gasteiger charge is -2.46. The van der Waals surface area contributed by atoms with E-state index in [1.165, 1.54) is 12.8 Å². The molecule has 0 bridgehead atoms. The first-order chi connectivity index (χ1) is 20.9. The zero-order chi connectivity index (χ0) is 31.5.